The monoisotopic (exact) mass is 316 g/mol. The van der Waals surface area contributed by atoms with E-state index in [2.05, 4.69) is 0 Å². The summed E-state index contributed by atoms with van der Waals surface area (Å²) in [6, 6.07) is 3.53. The van der Waals surface area contributed by atoms with Crippen molar-refractivity contribution in [3.8, 4) is 0 Å². The molecule has 7 nitrogen and oxygen atoms in total. The average Bonchev–Trinajstić information content (AvgIpc) is 2.84. The topological polar surface area (TPSA) is 91.1 Å². The van der Waals surface area contributed by atoms with E-state index in [0.717, 1.165) is 5.76 Å². The second-order valence-electron chi connectivity index (χ2n) is 5.29. The van der Waals surface area contributed by atoms with E-state index in [-0.39, 0.29) is 19.6 Å². The average molecular weight is 316 g/mol. The summed E-state index contributed by atoms with van der Waals surface area (Å²) in [7, 11) is -2.09. The standard InChI is InChI=1S/C13H20N2O5S/c1-10-3-4-12(20-10)9-14(2)21(18,19)15-7-5-11(6-8-15)13(16)17/h3-4,11H,5-9H2,1-2H3,(H,16,17). The fraction of sp³-hybridized carbons (Fsp3) is 0.615. The third-order valence-electron chi connectivity index (χ3n) is 3.70. The van der Waals surface area contributed by atoms with Crippen molar-refractivity contribution >= 4 is 16.2 Å². The van der Waals surface area contributed by atoms with Gasteiger partial charge in [-0.25, -0.2) is 0 Å². The number of carboxylic acids is 1. The van der Waals surface area contributed by atoms with E-state index in [4.69, 9.17) is 9.52 Å². The maximum absolute atomic E-state index is 12.4. The lowest BCUT2D eigenvalue weighted by atomic mass is 9.99. The summed E-state index contributed by atoms with van der Waals surface area (Å²) >= 11 is 0. The van der Waals surface area contributed by atoms with Gasteiger partial charge < -0.3 is 9.52 Å². The summed E-state index contributed by atoms with van der Waals surface area (Å²) in [4.78, 5) is 10.9. The van der Waals surface area contributed by atoms with Gasteiger partial charge in [0.1, 0.15) is 11.5 Å². The number of aryl methyl sites for hydroxylation is 1. The van der Waals surface area contributed by atoms with Gasteiger partial charge in [0.05, 0.1) is 12.5 Å². The van der Waals surface area contributed by atoms with E-state index in [1.807, 2.05) is 0 Å². The zero-order valence-electron chi connectivity index (χ0n) is 12.2. The van der Waals surface area contributed by atoms with Crippen LogP contribution in [0.5, 0.6) is 0 Å². The van der Waals surface area contributed by atoms with E-state index in [0.29, 0.717) is 18.6 Å². The fourth-order valence-electron chi connectivity index (χ4n) is 2.40. The Labute approximate surface area is 124 Å². The molecule has 0 bridgehead atoms. The van der Waals surface area contributed by atoms with Crippen LogP contribution in [0, 0.1) is 12.8 Å². The number of carbonyl (C=O) groups is 1. The van der Waals surface area contributed by atoms with Crippen molar-refractivity contribution in [2.45, 2.75) is 26.3 Å². The number of aliphatic carboxylic acids is 1. The summed E-state index contributed by atoms with van der Waals surface area (Å²) in [6.45, 7) is 2.44. The largest absolute Gasteiger partial charge is 0.481 e. The highest BCUT2D eigenvalue weighted by molar-refractivity contribution is 7.86. The first kappa shape index (κ1) is 16.0. The first-order valence-corrected chi connectivity index (χ1v) is 8.20. The third-order valence-corrected chi connectivity index (χ3v) is 5.63. The van der Waals surface area contributed by atoms with Crippen LogP contribution in [0.2, 0.25) is 0 Å². The van der Waals surface area contributed by atoms with Crippen LogP contribution in [0.1, 0.15) is 24.4 Å². The van der Waals surface area contributed by atoms with Gasteiger partial charge in [-0.2, -0.15) is 17.0 Å². The van der Waals surface area contributed by atoms with Gasteiger partial charge in [-0.15, -0.1) is 0 Å². The Kier molecular flexibility index (Phi) is 4.70. The first-order valence-electron chi connectivity index (χ1n) is 6.80. The Balaban J connectivity index is 1.99. The first-order chi connectivity index (χ1) is 9.80. The van der Waals surface area contributed by atoms with Crippen LogP contribution in [0.4, 0.5) is 0 Å². The summed E-state index contributed by atoms with van der Waals surface area (Å²) in [5.41, 5.74) is 0. The van der Waals surface area contributed by atoms with E-state index in [1.54, 1.807) is 19.1 Å². The number of carboxylic acid groups (broad SMARTS) is 1. The minimum atomic E-state index is -3.59. The van der Waals surface area contributed by atoms with Gasteiger partial charge in [0.15, 0.2) is 0 Å². The van der Waals surface area contributed by atoms with Gasteiger partial charge in [0.2, 0.25) is 0 Å². The molecule has 0 saturated carbocycles. The van der Waals surface area contributed by atoms with Crippen molar-refractivity contribution in [1.29, 1.82) is 0 Å². The van der Waals surface area contributed by atoms with Gasteiger partial charge in [-0.05, 0) is 31.9 Å². The SMILES string of the molecule is Cc1ccc(CN(C)S(=O)(=O)N2CCC(C(=O)O)CC2)o1. The van der Waals surface area contributed by atoms with Crippen LogP contribution >= 0.6 is 0 Å². The van der Waals surface area contributed by atoms with E-state index >= 15 is 0 Å². The van der Waals surface area contributed by atoms with Gasteiger partial charge >= 0.3 is 5.97 Å². The fourth-order valence-corrected chi connectivity index (χ4v) is 3.76. The lowest BCUT2D eigenvalue weighted by molar-refractivity contribution is -0.142. The molecule has 8 heteroatoms. The quantitative estimate of drug-likeness (QED) is 0.877. The molecule has 2 rings (SSSR count). The van der Waals surface area contributed by atoms with Crippen molar-refractivity contribution in [2.24, 2.45) is 5.92 Å². The van der Waals surface area contributed by atoms with Crippen molar-refractivity contribution < 1.29 is 22.7 Å². The Hall–Kier alpha value is -1.38. The van der Waals surface area contributed by atoms with Crippen molar-refractivity contribution in [3.05, 3.63) is 23.7 Å². The number of rotatable bonds is 5. The minimum Gasteiger partial charge on any atom is -0.481 e. The van der Waals surface area contributed by atoms with Gasteiger partial charge in [-0.3, -0.25) is 4.79 Å². The lowest BCUT2D eigenvalue weighted by Gasteiger charge is -2.32. The molecule has 118 valence electrons. The van der Waals surface area contributed by atoms with Crippen LogP contribution in [0.25, 0.3) is 0 Å². The molecular formula is C13H20N2O5S. The highest BCUT2D eigenvalue weighted by atomic mass is 32.2. The molecule has 0 aliphatic carbocycles. The van der Waals surface area contributed by atoms with E-state index in [1.165, 1.54) is 15.7 Å². The molecule has 0 radical (unpaired) electrons. The molecule has 2 heterocycles. The normalized spacial score (nSPS) is 18.2. The number of piperidine rings is 1. The molecule has 21 heavy (non-hydrogen) atoms. The lowest BCUT2D eigenvalue weighted by Crippen LogP contribution is -2.46. The Morgan fingerprint density at radius 2 is 2.05 bits per heavy atom. The summed E-state index contributed by atoms with van der Waals surface area (Å²) in [5.74, 6) is 0.0120. The summed E-state index contributed by atoms with van der Waals surface area (Å²) in [5, 5.41) is 8.94. The van der Waals surface area contributed by atoms with Crippen LogP contribution in [-0.2, 0) is 21.5 Å². The summed E-state index contributed by atoms with van der Waals surface area (Å²) in [6.07, 6.45) is 0.699. The molecule has 1 aliphatic heterocycles. The molecule has 1 saturated heterocycles. The van der Waals surface area contributed by atoms with Crippen molar-refractivity contribution in [2.75, 3.05) is 20.1 Å². The zero-order chi connectivity index (χ0) is 15.6. The van der Waals surface area contributed by atoms with Crippen LogP contribution in [-0.4, -0.2) is 48.2 Å². The Morgan fingerprint density at radius 1 is 1.43 bits per heavy atom. The molecule has 0 unspecified atom stereocenters. The van der Waals surface area contributed by atoms with Crippen molar-refractivity contribution in [1.82, 2.24) is 8.61 Å². The maximum Gasteiger partial charge on any atom is 0.306 e. The van der Waals surface area contributed by atoms with Gasteiger partial charge in [-0.1, -0.05) is 0 Å². The smallest absolute Gasteiger partial charge is 0.306 e. The maximum atomic E-state index is 12.4. The molecule has 0 aromatic carbocycles. The molecule has 0 spiro atoms. The molecule has 1 fully saturated rings. The Morgan fingerprint density at radius 3 is 2.52 bits per heavy atom. The predicted molar refractivity (Wildman–Crippen MR) is 75.8 cm³/mol. The summed E-state index contributed by atoms with van der Waals surface area (Å²) < 4.78 is 32.8. The number of furan rings is 1. The van der Waals surface area contributed by atoms with Crippen molar-refractivity contribution in [3.63, 3.8) is 0 Å². The second-order valence-corrected chi connectivity index (χ2v) is 7.32. The molecule has 0 atom stereocenters. The van der Waals surface area contributed by atoms with Gasteiger partial charge in [0.25, 0.3) is 10.2 Å². The van der Waals surface area contributed by atoms with Crippen LogP contribution < -0.4 is 0 Å². The number of nitrogens with zero attached hydrogens (tertiary/aromatic N) is 2. The zero-order valence-corrected chi connectivity index (χ0v) is 13.0. The van der Waals surface area contributed by atoms with Crippen LogP contribution in [0.3, 0.4) is 0 Å². The van der Waals surface area contributed by atoms with Gasteiger partial charge in [0, 0.05) is 20.1 Å². The van der Waals surface area contributed by atoms with E-state index < -0.39 is 22.1 Å². The minimum absolute atomic E-state index is 0.162. The Bertz CT molecular complexity index is 602. The molecule has 1 aromatic heterocycles. The predicted octanol–water partition coefficient (Wildman–Crippen LogP) is 1.06. The molecular weight excluding hydrogens is 296 g/mol. The van der Waals surface area contributed by atoms with Crippen LogP contribution in [0.15, 0.2) is 16.5 Å². The number of hydrogen-bond donors (Lipinski definition) is 1. The molecule has 1 aromatic rings. The third kappa shape index (κ3) is 3.63. The molecule has 1 N–H and O–H groups in total. The second kappa shape index (κ2) is 6.17. The molecule has 1 aliphatic rings. The number of hydrogen-bond acceptors (Lipinski definition) is 4. The van der Waals surface area contributed by atoms with E-state index in [9.17, 15) is 13.2 Å². The molecule has 0 amide bonds. The highest BCUT2D eigenvalue weighted by Gasteiger charge is 2.33. The highest BCUT2D eigenvalue weighted by Crippen LogP contribution is 2.22.